The normalized spacial score (nSPS) is 22.2. The zero-order valence-corrected chi connectivity index (χ0v) is 16.2. The van der Waals surface area contributed by atoms with Crippen molar-refractivity contribution in [3.05, 3.63) is 0 Å². The number of aliphatic imine (C=N–C) groups is 1. The summed E-state index contributed by atoms with van der Waals surface area (Å²) in [4.78, 5) is 20.6. The van der Waals surface area contributed by atoms with Crippen molar-refractivity contribution in [2.45, 2.75) is 64.3 Å². The third kappa shape index (κ3) is 7.22. The molecule has 1 amide bonds. The van der Waals surface area contributed by atoms with Crippen LogP contribution in [-0.4, -0.2) is 74.0 Å². The van der Waals surface area contributed by atoms with Crippen LogP contribution in [0.15, 0.2) is 4.99 Å². The summed E-state index contributed by atoms with van der Waals surface area (Å²) in [5.74, 6) is 1.12. The maximum atomic E-state index is 11.8. The fourth-order valence-electron chi connectivity index (χ4n) is 3.74. The molecule has 0 aromatic carbocycles. The number of hydrogen-bond donors (Lipinski definition) is 2. The van der Waals surface area contributed by atoms with Crippen molar-refractivity contribution < 1.29 is 4.79 Å². The molecule has 6 heteroatoms. The fourth-order valence-corrected chi connectivity index (χ4v) is 3.74. The van der Waals surface area contributed by atoms with Crippen LogP contribution >= 0.6 is 0 Å². The molecule has 2 rings (SSSR count). The molecule has 0 radical (unpaired) electrons. The van der Waals surface area contributed by atoms with Crippen LogP contribution in [0.3, 0.4) is 0 Å². The number of hydrogen-bond acceptors (Lipinski definition) is 3. The number of nitrogens with zero attached hydrogens (tertiary/aromatic N) is 3. The van der Waals surface area contributed by atoms with Gasteiger partial charge in [-0.25, -0.2) is 0 Å². The maximum absolute atomic E-state index is 11.8. The molecule has 2 fully saturated rings. The Morgan fingerprint density at radius 3 is 2.64 bits per heavy atom. The van der Waals surface area contributed by atoms with Crippen molar-refractivity contribution in [2.75, 3.05) is 46.3 Å². The Kier molecular flexibility index (Phi) is 9.08. The quantitative estimate of drug-likeness (QED) is 0.398. The Balaban J connectivity index is 1.52. The van der Waals surface area contributed by atoms with E-state index in [-0.39, 0.29) is 5.91 Å². The van der Waals surface area contributed by atoms with Crippen LogP contribution in [0.25, 0.3) is 0 Å². The second-order valence-electron chi connectivity index (χ2n) is 7.29. The number of unbranched alkanes of at least 4 members (excludes halogenated alkanes) is 2. The summed E-state index contributed by atoms with van der Waals surface area (Å²) < 4.78 is 0. The molecule has 2 aliphatic heterocycles. The van der Waals surface area contributed by atoms with Gasteiger partial charge >= 0.3 is 0 Å². The monoisotopic (exact) mass is 351 g/mol. The molecule has 1 atom stereocenters. The van der Waals surface area contributed by atoms with Gasteiger partial charge in [-0.15, -0.1) is 0 Å². The highest BCUT2D eigenvalue weighted by Crippen LogP contribution is 2.11. The SMILES string of the molecule is CCC(=O)N1CCC(NC(=NC)NCCCCCN2CCCCC2)C1. The molecule has 0 spiro atoms. The van der Waals surface area contributed by atoms with E-state index >= 15 is 0 Å². The van der Waals surface area contributed by atoms with Crippen molar-refractivity contribution >= 4 is 11.9 Å². The van der Waals surface area contributed by atoms with Crippen molar-refractivity contribution in [1.29, 1.82) is 0 Å². The van der Waals surface area contributed by atoms with Gasteiger partial charge in [0.25, 0.3) is 0 Å². The molecule has 25 heavy (non-hydrogen) atoms. The van der Waals surface area contributed by atoms with Crippen molar-refractivity contribution in [3.63, 3.8) is 0 Å². The molecule has 2 heterocycles. The van der Waals surface area contributed by atoms with E-state index in [1.807, 2.05) is 18.9 Å². The van der Waals surface area contributed by atoms with Gasteiger partial charge in [0.2, 0.25) is 5.91 Å². The highest BCUT2D eigenvalue weighted by atomic mass is 16.2. The van der Waals surface area contributed by atoms with E-state index in [0.717, 1.165) is 32.0 Å². The van der Waals surface area contributed by atoms with Gasteiger partial charge in [-0.1, -0.05) is 19.8 Å². The van der Waals surface area contributed by atoms with E-state index in [0.29, 0.717) is 12.5 Å². The number of amides is 1. The molecule has 0 bridgehead atoms. The minimum absolute atomic E-state index is 0.251. The van der Waals surface area contributed by atoms with Gasteiger partial charge in [0.1, 0.15) is 0 Å². The molecule has 0 aromatic heterocycles. The third-order valence-corrected chi connectivity index (χ3v) is 5.30. The van der Waals surface area contributed by atoms with E-state index in [4.69, 9.17) is 0 Å². The van der Waals surface area contributed by atoms with Gasteiger partial charge in [0, 0.05) is 39.1 Å². The first-order valence-corrected chi connectivity index (χ1v) is 10.2. The number of piperidine rings is 1. The molecule has 1 unspecified atom stereocenters. The number of carbonyl (C=O) groups excluding carboxylic acids is 1. The van der Waals surface area contributed by atoms with Crippen LogP contribution in [0.2, 0.25) is 0 Å². The Morgan fingerprint density at radius 1 is 1.12 bits per heavy atom. The highest BCUT2D eigenvalue weighted by molar-refractivity contribution is 5.80. The van der Waals surface area contributed by atoms with E-state index < -0.39 is 0 Å². The van der Waals surface area contributed by atoms with Gasteiger partial charge in [-0.3, -0.25) is 9.79 Å². The number of likely N-dealkylation sites (tertiary alicyclic amines) is 2. The van der Waals surface area contributed by atoms with Gasteiger partial charge in [-0.05, 0) is 51.7 Å². The summed E-state index contributed by atoms with van der Waals surface area (Å²) in [6.07, 6.45) is 9.52. The minimum atomic E-state index is 0.251. The average molecular weight is 352 g/mol. The number of nitrogens with one attached hydrogen (secondary N) is 2. The van der Waals surface area contributed by atoms with Crippen LogP contribution in [0.5, 0.6) is 0 Å². The summed E-state index contributed by atoms with van der Waals surface area (Å²) in [6.45, 7) is 8.40. The lowest BCUT2D eigenvalue weighted by atomic mass is 10.1. The van der Waals surface area contributed by atoms with Crippen molar-refractivity contribution in [2.24, 2.45) is 4.99 Å². The third-order valence-electron chi connectivity index (χ3n) is 5.30. The van der Waals surface area contributed by atoms with E-state index in [2.05, 4.69) is 20.5 Å². The van der Waals surface area contributed by atoms with E-state index in [1.54, 1.807) is 0 Å². The topological polar surface area (TPSA) is 60.0 Å². The Bertz CT molecular complexity index is 420. The van der Waals surface area contributed by atoms with Gasteiger partial charge in [0.15, 0.2) is 5.96 Å². The summed E-state index contributed by atoms with van der Waals surface area (Å²) in [5.41, 5.74) is 0. The second kappa shape index (κ2) is 11.3. The van der Waals surface area contributed by atoms with Crippen molar-refractivity contribution in [1.82, 2.24) is 20.4 Å². The fraction of sp³-hybridized carbons (Fsp3) is 0.895. The lowest BCUT2D eigenvalue weighted by Crippen LogP contribution is -2.45. The molecule has 0 saturated carbocycles. The van der Waals surface area contributed by atoms with Crippen LogP contribution in [-0.2, 0) is 4.79 Å². The first kappa shape index (κ1) is 20.0. The van der Waals surface area contributed by atoms with Gasteiger partial charge < -0.3 is 20.4 Å². The molecule has 144 valence electrons. The molecular weight excluding hydrogens is 314 g/mol. The lowest BCUT2D eigenvalue weighted by Gasteiger charge is -2.26. The first-order valence-electron chi connectivity index (χ1n) is 10.2. The standard InChI is InChI=1S/C19H37N5O/c1-3-18(25)24-15-10-17(16-24)22-19(20-2)21-11-6-4-7-12-23-13-8-5-9-14-23/h17H,3-16H2,1-2H3,(H2,20,21,22). The maximum Gasteiger partial charge on any atom is 0.222 e. The Labute approximate surface area is 153 Å². The van der Waals surface area contributed by atoms with Crippen LogP contribution < -0.4 is 10.6 Å². The number of carbonyl (C=O) groups is 1. The Hall–Kier alpha value is -1.30. The smallest absolute Gasteiger partial charge is 0.222 e. The average Bonchev–Trinajstić information content (AvgIpc) is 3.12. The predicted octanol–water partition coefficient (Wildman–Crippen LogP) is 1.82. The summed E-state index contributed by atoms with van der Waals surface area (Å²) in [6, 6.07) is 0.320. The minimum Gasteiger partial charge on any atom is -0.356 e. The predicted molar refractivity (Wildman–Crippen MR) is 104 cm³/mol. The molecule has 2 saturated heterocycles. The second-order valence-corrected chi connectivity index (χ2v) is 7.29. The zero-order chi connectivity index (χ0) is 17.9. The van der Waals surface area contributed by atoms with E-state index in [9.17, 15) is 4.79 Å². The highest BCUT2D eigenvalue weighted by Gasteiger charge is 2.25. The number of guanidine groups is 1. The molecule has 6 nitrogen and oxygen atoms in total. The van der Waals surface area contributed by atoms with E-state index in [1.165, 1.54) is 58.2 Å². The van der Waals surface area contributed by atoms with Crippen LogP contribution in [0, 0.1) is 0 Å². The van der Waals surface area contributed by atoms with Crippen LogP contribution in [0.1, 0.15) is 58.3 Å². The zero-order valence-electron chi connectivity index (χ0n) is 16.2. The largest absolute Gasteiger partial charge is 0.356 e. The Morgan fingerprint density at radius 2 is 1.92 bits per heavy atom. The molecule has 2 N–H and O–H groups in total. The molecule has 0 aromatic rings. The van der Waals surface area contributed by atoms with Gasteiger partial charge in [-0.2, -0.15) is 0 Å². The number of rotatable bonds is 8. The lowest BCUT2D eigenvalue weighted by molar-refractivity contribution is -0.129. The van der Waals surface area contributed by atoms with Gasteiger partial charge in [0.05, 0.1) is 0 Å². The molecule has 2 aliphatic rings. The van der Waals surface area contributed by atoms with Crippen molar-refractivity contribution in [3.8, 4) is 0 Å². The summed E-state index contributed by atoms with van der Waals surface area (Å²) >= 11 is 0. The van der Waals surface area contributed by atoms with Crippen LogP contribution in [0.4, 0.5) is 0 Å². The summed E-state index contributed by atoms with van der Waals surface area (Å²) in [5, 5.41) is 6.87. The molecular formula is C19H37N5O. The first-order chi connectivity index (χ1) is 12.2. The molecule has 0 aliphatic carbocycles. The summed E-state index contributed by atoms with van der Waals surface area (Å²) in [7, 11) is 1.82.